The Kier molecular flexibility index (Phi) is 5.43. The molecule has 0 atom stereocenters. The van der Waals surface area contributed by atoms with Gasteiger partial charge in [0.1, 0.15) is 11.4 Å². The van der Waals surface area contributed by atoms with Crippen molar-refractivity contribution in [3.63, 3.8) is 0 Å². The van der Waals surface area contributed by atoms with Crippen molar-refractivity contribution in [2.45, 2.75) is 13.3 Å². The average molecular weight is 400 g/mol. The van der Waals surface area contributed by atoms with Crippen LogP contribution in [0.5, 0.6) is 0 Å². The Bertz CT molecular complexity index is 1160. The second-order valence-electron chi connectivity index (χ2n) is 6.58. The summed E-state index contributed by atoms with van der Waals surface area (Å²) in [5, 5.41) is 10.2. The van der Waals surface area contributed by atoms with Gasteiger partial charge < -0.3 is 15.1 Å². The molecule has 30 heavy (non-hydrogen) atoms. The van der Waals surface area contributed by atoms with Gasteiger partial charge >= 0.3 is 0 Å². The maximum atomic E-state index is 13.1. The Hall–Kier alpha value is -4.13. The summed E-state index contributed by atoms with van der Waals surface area (Å²) < 4.78 is 7.02. The lowest BCUT2D eigenvalue weighted by atomic mass is 10.2. The summed E-state index contributed by atoms with van der Waals surface area (Å²) in [6, 6.07) is 21.7. The summed E-state index contributed by atoms with van der Waals surface area (Å²) in [6.45, 7) is 1.78. The van der Waals surface area contributed by atoms with E-state index in [0.717, 1.165) is 5.69 Å². The van der Waals surface area contributed by atoms with Crippen LogP contribution < -0.4 is 10.6 Å². The van der Waals surface area contributed by atoms with Gasteiger partial charge in [-0.15, -0.1) is 0 Å². The molecule has 7 nitrogen and oxygen atoms in total. The number of benzene rings is 2. The van der Waals surface area contributed by atoms with Crippen LogP contribution in [0, 0.1) is 0 Å². The number of anilines is 2. The highest BCUT2D eigenvalue weighted by molar-refractivity contribution is 6.04. The highest BCUT2D eigenvalue weighted by Crippen LogP contribution is 2.23. The largest absolute Gasteiger partial charge is 0.463 e. The predicted octanol–water partition coefficient (Wildman–Crippen LogP) is 4.73. The smallest absolute Gasteiger partial charge is 0.274 e. The minimum Gasteiger partial charge on any atom is -0.463 e. The fraction of sp³-hybridized carbons (Fsp3) is 0.0870. The molecule has 150 valence electrons. The topological polar surface area (TPSA) is 89.2 Å². The quantitative estimate of drug-likeness (QED) is 0.489. The molecule has 0 aliphatic rings. The van der Waals surface area contributed by atoms with Crippen molar-refractivity contribution < 1.29 is 14.0 Å². The van der Waals surface area contributed by atoms with E-state index in [2.05, 4.69) is 15.7 Å². The second kappa shape index (κ2) is 8.48. The molecule has 0 bridgehead atoms. The molecule has 4 rings (SSSR count). The molecule has 0 spiro atoms. The molecule has 0 saturated heterocycles. The molecule has 2 N–H and O–H groups in total. The Labute approximate surface area is 173 Å². The number of hydrogen-bond donors (Lipinski definition) is 2. The zero-order valence-electron chi connectivity index (χ0n) is 16.3. The van der Waals surface area contributed by atoms with Crippen molar-refractivity contribution in [3.8, 4) is 17.1 Å². The van der Waals surface area contributed by atoms with Crippen LogP contribution in [0.2, 0.25) is 0 Å². The number of rotatable bonds is 6. The van der Waals surface area contributed by atoms with Gasteiger partial charge in [-0.3, -0.25) is 9.59 Å². The van der Waals surface area contributed by atoms with Crippen LogP contribution in [0.3, 0.4) is 0 Å². The third-order valence-electron chi connectivity index (χ3n) is 4.44. The van der Waals surface area contributed by atoms with Crippen LogP contribution in [0.15, 0.2) is 83.5 Å². The Morgan fingerprint density at radius 2 is 1.70 bits per heavy atom. The molecular weight excluding hydrogens is 380 g/mol. The predicted molar refractivity (Wildman–Crippen MR) is 115 cm³/mol. The zero-order chi connectivity index (χ0) is 20.9. The van der Waals surface area contributed by atoms with Crippen LogP contribution in [0.4, 0.5) is 11.4 Å². The van der Waals surface area contributed by atoms with Crippen molar-refractivity contribution in [1.82, 2.24) is 9.78 Å². The molecule has 0 saturated carbocycles. The highest BCUT2D eigenvalue weighted by Gasteiger charge is 2.19. The van der Waals surface area contributed by atoms with E-state index in [0.29, 0.717) is 34.9 Å². The lowest BCUT2D eigenvalue weighted by molar-refractivity contribution is -0.115. The summed E-state index contributed by atoms with van der Waals surface area (Å²) in [7, 11) is 0. The standard InChI is InChI=1S/C23H20N4O3/c1-2-22(28)24-16-8-6-9-17(14-16)25-23(29)20-15-19(21-12-7-13-30-21)26-27(20)18-10-4-3-5-11-18/h3-15H,2H2,1H3,(H,24,28)(H,25,29). The number of carbonyl (C=O) groups excluding carboxylic acids is 2. The second-order valence-corrected chi connectivity index (χ2v) is 6.58. The number of nitrogens with zero attached hydrogens (tertiary/aromatic N) is 2. The first-order valence-corrected chi connectivity index (χ1v) is 9.54. The number of amides is 2. The van der Waals surface area contributed by atoms with Crippen molar-refractivity contribution >= 4 is 23.2 Å². The van der Waals surface area contributed by atoms with Gasteiger partial charge in [0.15, 0.2) is 5.76 Å². The molecule has 2 heterocycles. The first-order valence-electron chi connectivity index (χ1n) is 9.54. The van der Waals surface area contributed by atoms with Gasteiger partial charge in [-0.2, -0.15) is 5.10 Å². The molecular formula is C23H20N4O3. The Morgan fingerprint density at radius 3 is 2.40 bits per heavy atom. The van der Waals surface area contributed by atoms with Crippen molar-refractivity contribution in [2.75, 3.05) is 10.6 Å². The van der Waals surface area contributed by atoms with E-state index in [4.69, 9.17) is 4.42 Å². The number of hydrogen-bond acceptors (Lipinski definition) is 4. The van der Waals surface area contributed by atoms with E-state index in [9.17, 15) is 9.59 Å². The number of furan rings is 1. The summed E-state index contributed by atoms with van der Waals surface area (Å²) in [6.07, 6.45) is 1.94. The first kappa shape index (κ1) is 19.2. The van der Waals surface area contributed by atoms with E-state index in [1.54, 1.807) is 60.3 Å². The molecule has 0 radical (unpaired) electrons. The van der Waals surface area contributed by atoms with Gasteiger partial charge in [0.05, 0.1) is 12.0 Å². The molecule has 7 heteroatoms. The molecule has 4 aromatic rings. The minimum atomic E-state index is -0.330. The summed E-state index contributed by atoms with van der Waals surface area (Å²) in [5.41, 5.74) is 2.85. The molecule has 2 amide bonds. The van der Waals surface area contributed by atoms with Crippen LogP contribution in [0.25, 0.3) is 17.1 Å². The van der Waals surface area contributed by atoms with Gasteiger partial charge in [-0.25, -0.2) is 4.68 Å². The van der Waals surface area contributed by atoms with Crippen LogP contribution >= 0.6 is 0 Å². The van der Waals surface area contributed by atoms with Gasteiger partial charge in [0.25, 0.3) is 5.91 Å². The third-order valence-corrected chi connectivity index (χ3v) is 4.44. The monoisotopic (exact) mass is 400 g/mol. The molecule has 2 aromatic carbocycles. The van der Waals surface area contributed by atoms with Crippen molar-refractivity contribution in [3.05, 3.63) is 84.8 Å². The normalized spacial score (nSPS) is 10.6. The number of aromatic nitrogens is 2. The lowest BCUT2D eigenvalue weighted by Crippen LogP contribution is -2.17. The van der Waals surface area contributed by atoms with E-state index in [1.165, 1.54) is 0 Å². The van der Waals surface area contributed by atoms with Crippen molar-refractivity contribution in [2.24, 2.45) is 0 Å². The average Bonchev–Trinajstić information content (AvgIpc) is 3.44. The Morgan fingerprint density at radius 1 is 0.933 bits per heavy atom. The van der Waals surface area contributed by atoms with Gasteiger partial charge in [-0.1, -0.05) is 31.2 Å². The lowest BCUT2D eigenvalue weighted by Gasteiger charge is -2.10. The molecule has 0 aliphatic heterocycles. The first-order chi connectivity index (χ1) is 14.6. The molecule has 0 unspecified atom stereocenters. The summed E-state index contributed by atoms with van der Waals surface area (Å²) in [4.78, 5) is 24.7. The Balaban J connectivity index is 1.65. The van der Waals surface area contributed by atoms with E-state index >= 15 is 0 Å². The molecule has 0 fully saturated rings. The number of nitrogens with one attached hydrogen (secondary N) is 2. The van der Waals surface area contributed by atoms with Crippen molar-refractivity contribution in [1.29, 1.82) is 0 Å². The summed E-state index contributed by atoms with van der Waals surface area (Å²) in [5.74, 6) is 0.148. The number of para-hydroxylation sites is 1. The van der Waals surface area contributed by atoms with E-state index in [-0.39, 0.29) is 11.8 Å². The SMILES string of the molecule is CCC(=O)Nc1cccc(NC(=O)c2cc(-c3ccco3)nn2-c2ccccc2)c1. The van der Waals surface area contributed by atoms with E-state index in [1.807, 2.05) is 30.3 Å². The van der Waals surface area contributed by atoms with Gasteiger partial charge in [0, 0.05) is 23.9 Å². The fourth-order valence-corrected chi connectivity index (χ4v) is 2.97. The van der Waals surface area contributed by atoms with E-state index < -0.39 is 0 Å². The molecule has 0 aliphatic carbocycles. The van der Waals surface area contributed by atoms with Crippen LogP contribution in [-0.4, -0.2) is 21.6 Å². The van der Waals surface area contributed by atoms with Crippen LogP contribution in [0.1, 0.15) is 23.8 Å². The number of carbonyl (C=O) groups is 2. The maximum absolute atomic E-state index is 13.1. The fourth-order valence-electron chi connectivity index (χ4n) is 2.97. The van der Waals surface area contributed by atoms with Gasteiger partial charge in [-0.05, 0) is 42.5 Å². The third kappa shape index (κ3) is 4.15. The molecule has 2 aromatic heterocycles. The highest BCUT2D eigenvalue weighted by atomic mass is 16.3. The van der Waals surface area contributed by atoms with Gasteiger partial charge in [0.2, 0.25) is 5.91 Å². The van der Waals surface area contributed by atoms with Crippen LogP contribution in [-0.2, 0) is 4.79 Å². The summed E-state index contributed by atoms with van der Waals surface area (Å²) >= 11 is 0. The maximum Gasteiger partial charge on any atom is 0.274 e. The minimum absolute atomic E-state index is 0.0938. The zero-order valence-corrected chi connectivity index (χ0v) is 16.3.